The lowest BCUT2D eigenvalue weighted by atomic mass is 10.0. The molecule has 0 spiro atoms. The van der Waals surface area contributed by atoms with E-state index in [4.69, 9.17) is 21.9 Å². The molecule has 3 rings (SSSR count). The molecule has 7 N–H and O–H groups in total. The van der Waals surface area contributed by atoms with Crippen LogP contribution in [0.3, 0.4) is 0 Å². The number of ether oxygens (including phenoxy) is 1. The minimum atomic E-state index is -1.33. The molecule has 2 aromatic heterocycles. The van der Waals surface area contributed by atoms with Crippen molar-refractivity contribution in [3.63, 3.8) is 0 Å². The summed E-state index contributed by atoms with van der Waals surface area (Å²) in [6, 6.07) is 0. The van der Waals surface area contributed by atoms with Gasteiger partial charge < -0.3 is 27.0 Å². The summed E-state index contributed by atoms with van der Waals surface area (Å²) in [7, 11) is 0. The monoisotopic (exact) mass is 265 g/mol. The highest BCUT2D eigenvalue weighted by Gasteiger charge is 2.50. The van der Waals surface area contributed by atoms with E-state index >= 15 is 0 Å². The molecular weight excluding hydrogens is 250 g/mol. The zero-order valence-corrected chi connectivity index (χ0v) is 10.3. The summed E-state index contributed by atoms with van der Waals surface area (Å²) >= 11 is 0. The van der Waals surface area contributed by atoms with Crippen molar-refractivity contribution in [2.45, 2.75) is 31.0 Å². The molecule has 9 heteroatoms. The average Bonchev–Trinajstić information content (AvgIpc) is 2.86. The summed E-state index contributed by atoms with van der Waals surface area (Å²) < 4.78 is 7.15. The molecule has 1 aliphatic heterocycles. The molecule has 0 bridgehead atoms. The van der Waals surface area contributed by atoms with Gasteiger partial charge in [0, 0.05) is 0 Å². The van der Waals surface area contributed by atoms with Gasteiger partial charge in [0.05, 0.1) is 12.4 Å². The summed E-state index contributed by atoms with van der Waals surface area (Å²) in [5, 5.41) is 10.2. The molecule has 1 saturated heterocycles. The van der Waals surface area contributed by atoms with Crippen LogP contribution in [0.25, 0.3) is 11.2 Å². The van der Waals surface area contributed by atoms with Crippen molar-refractivity contribution >= 4 is 17.0 Å². The van der Waals surface area contributed by atoms with E-state index in [2.05, 4.69) is 15.0 Å². The second-order valence-electron chi connectivity index (χ2n) is 4.70. The van der Waals surface area contributed by atoms with Crippen molar-refractivity contribution in [2.75, 3.05) is 5.73 Å². The third kappa shape index (κ3) is 1.60. The van der Waals surface area contributed by atoms with Crippen LogP contribution in [0, 0.1) is 0 Å². The topological polar surface area (TPSA) is 151 Å². The molecule has 3 atom stereocenters. The second kappa shape index (κ2) is 3.84. The van der Waals surface area contributed by atoms with Gasteiger partial charge in [-0.05, 0) is 6.92 Å². The fourth-order valence-electron chi connectivity index (χ4n) is 2.16. The predicted molar refractivity (Wildman–Crippen MR) is 66.4 cm³/mol. The lowest BCUT2D eigenvalue weighted by Crippen LogP contribution is -2.62. The van der Waals surface area contributed by atoms with Crippen LogP contribution >= 0.6 is 0 Å². The van der Waals surface area contributed by atoms with Crippen LogP contribution in [0.4, 0.5) is 5.82 Å². The quantitative estimate of drug-likeness (QED) is 0.445. The van der Waals surface area contributed by atoms with Gasteiger partial charge in [0.2, 0.25) is 0 Å². The minimum Gasteiger partial charge on any atom is -0.385 e. The Balaban J connectivity index is 2.09. The number of rotatable bonds is 1. The number of aliphatic hydroxyl groups excluding tert-OH is 1. The molecule has 1 aliphatic rings. The van der Waals surface area contributed by atoms with Crippen molar-refractivity contribution in [2.24, 2.45) is 11.5 Å². The first-order chi connectivity index (χ1) is 8.93. The van der Waals surface area contributed by atoms with Crippen molar-refractivity contribution in [3.05, 3.63) is 12.7 Å². The summed E-state index contributed by atoms with van der Waals surface area (Å²) in [6.45, 7) is 1.70. The molecule has 3 heterocycles. The molecule has 0 unspecified atom stereocenters. The lowest BCUT2D eigenvalue weighted by molar-refractivity contribution is -0.0298. The summed E-state index contributed by atoms with van der Waals surface area (Å²) in [6.07, 6.45) is 0.431. The molecule has 0 saturated carbocycles. The Labute approximate surface area is 108 Å². The Morgan fingerprint density at radius 3 is 2.74 bits per heavy atom. The van der Waals surface area contributed by atoms with Crippen LogP contribution in [0.5, 0.6) is 0 Å². The van der Waals surface area contributed by atoms with Crippen LogP contribution in [0.2, 0.25) is 0 Å². The molecule has 9 nitrogen and oxygen atoms in total. The highest BCUT2D eigenvalue weighted by Crippen LogP contribution is 2.34. The number of fused-ring (bicyclic) bond motifs is 1. The summed E-state index contributed by atoms with van der Waals surface area (Å²) in [5.74, 6) is 0.260. The Morgan fingerprint density at radius 2 is 2.11 bits per heavy atom. The van der Waals surface area contributed by atoms with Crippen LogP contribution in [-0.2, 0) is 4.74 Å². The molecule has 0 aliphatic carbocycles. The van der Waals surface area contributed by atoms with Gasteiger partial charge in [-0.25, -0.2) is 15.0 Å². The number of aliphatic hydroxyl groups is 1. The van der Waals surface area contributed by atoms with E-state index < -0.39 is 24.1 Å². The van der Waals surface area contributed by atoms with Gasteiger partial charge >= 0.3 is 0 Å². The lowest BCUT2D eigenvalue weighted by Gasteiger charge is -2.25. The molecule has 0 amide bonds. The Bertz CT molecular complexity index is 625. The number of imidazole rings is 1. The first-order valence-electron chi connectivity index (χ1n) is 5.77. The van der Waals surface area contributed by atoms with E-state index in [0.29, 0.717) is 11.2 Å². The van der Waals surface area contributed by atoms with Crippen LogP contribution in [-0.4, -0.2) is 42.5 Å². The van der Waals surface area contributed by atoms with Gasteiger partial charge in [0.25, 0.3) is 0 Å². The zero-order chi connectivity index (χ0) is 13.8. The molecular formula is C10H15N7O2. The maximum absolute atomic E-state index is 10.2. The maximum atomic E-state index is 10.2. The molecule has 19 heavy (non-hydrogen) atoms. The highest BCUT2D eigenvalue weighted by atomic mass is 16.5. The number of nitrogens with zero attached hydrogens (tertiary/aromatic N) is 4. The average molecular weight is 265 g/mol. The van der Waals surface area contributed by atoms with Gasteiger partial charge in [-0.2, -0.15) is 0 Å². The SMILES string of the molecule is C[C@H]1O[C@@H](n2cnc3c(N)ncnc32)[C@H](O)C1(N)N. The van der Waals surface area contributed by atoms with Crippen molar-refractivity contribution in [1.29, 1.82) is 0 Å². The number of hydrogen-bond donors (Lipinski definition) is 4. The zero-order valence-electron chi connectivity index (χ0n) is 10.3. The molecule has 102 valence electrons. The van der Waals surface area contributed by atoms with Crippen molar-refractivity contribution in [3.8, 4) is 0 Å². The number of aromatic nitrogens is 4. The first-order valence-corrected chi connectivity index (χ1v) is 5.77. The third-order valence-electron chi connectivity index (χ3n) is 3.49. The molecule has 1 fully saturated rings. The first kappa shape index (κ1) is 12.2. The number of nitrogen functional groups attached to an aromatic ring is 1. The Morgan fingerprint density at radius 1 is 1.37 bits per heavy atom. The smallest absolute Gasteiger partial charge is 0.167 e. The highest BCUT2D eigenvalue weighted by molar-refractivity contribution is 5.81. The van der Waals surface area contributed by atoms with Crippen molar-refractivity contribution in [1.82, 2.24) is 19.5 Å². The van der Waals surface area contributed by atoms with Gasteiger partial charge in [-0.1, -0.05) is 0 Å². The number of nitrogens with two attached hydrogens (primary N) is 3. The summed E-state index contributed by atoms with van der Waals surface area (Å²) in [5.41, 5.74) is 17.0. The van der Waals surface area contributed by atoms with Crippen molar-refractivity contribution < 1.29 is 9.84 Å². The standard InChI is InChI=1S/C10H15N7O2/c1-4-10(12,13)6(18)9(19-4)17-3-16-5-7(11)14-2-15-8(5)17/h2-4,6,9,18H,12-13H2,1H3,(H2,11,14,15)/t4-,6+,9-/m1/s1. The van der Waals surface area contributed by atoms with Crippen LogP contribution < -0.4 is 17.2 Å². The number of anilines is 1. The van der Waals surface area contributed by atoms with E-state index in [1.165, 1.54) is 12.7 Å². The Hall–Kier alpha value is -1.81. The third-order valence-corrected chi connectivity index (χ3v) is 3.49. The van der Waals surface area contributed by atoms with Crippen LogP contribution in [0.15, 0.2) is 12.7 Å². The maximum Gasteiger partial charge on any atom is 0.167 e. The van der Waals surface area contributed by atoms with E-state index in [-0.39, 0.29) is 5.82 Å². The van der Waals surface area contributed by atoms with E-state index in [0.717, 1.165) is 0 Å². The van der Waals surface area contributed by atoms with Gasteiger partial charge in [0.1, 0.15) is 23.6 Å². The normalized spacial score (nSPS) is 30.0. The predicted octanol–water partition coefficient (Wildman–Crippen LogP) is -1.70. The number of hydrogen-bond acceptors (Lipinski definition) is 8. The van der Waals surface area contributed by atoms with Gasteiger partial charge in [-0.3, -0.25) is 4.57 Å². The molecule has 0 radical (unpaired) electrons. The van der Waals surface area contributed by atoms with Gasteiger partial charge in [-0.15, -0.1) is 0 Å². The Kier molecular flexibility index (Phi) is 2.47. The van der Waals surface area contributed by atoms with E-state index in [9.17, 15) is 5.11 Å². The molecule has 0 aromatic carbocycles. The second-order valence-corrected chi connectivity index (χ2v) is 4.70. The van der Waals surface area contributed by atoms with Gasteiger partial charge in [0.15, 0.2) is 17.7 Å². The molecule has 2 aromatic rings. The fraction of sp³-hybridized carbons (Fsp3) is 0.500. The van der Waals surface area contributed by atoms with E-state index in [1.807, 2.05) is 0 Å². The summed E-state index contributed by atoms with van der Waals surface area (Å²) in [4.78, 5) is 12.0. The fourth-order valence-corrected chi connectivity index (χ4v) is 2.16. The minimum absolute atomic E-state index is 0.260. The van der Waals surface area contributed by atoms with Crippen LogP contribution in [0.1, 0.15) is 13.2 Å². The largest absolute Gasteiger partial charge is 0.385 e. The van der Waals surface area contributed by atoms with E-state index in [1.54, 1.807) is 11.5 Å².